The van der Waals surface area contributed by atoms with Crippen molar-refractivity contribution in [3.05, 3.63) is 18.2 Å². The lowest BCUT2D eigenvalue weighted by Crippen LogP contribution is -2.36. The molecule has 1 fully saturated rings. The number of benzene rings is 1. The highest BCUT2D eigenvalue weighted by atomic mass is 16.5. The van der Waals surface area contributed by atoms with E-state index in [-0.39, 0.29) is 17.9 Å². The summed E-state index contributed by atoms with van der Waals surface area (Å²) in [5.41, 5.74) is 1.39. The smallest absolute Gasteiger partial charge is 0.253 e. The molecule has 2 heterocycles. The number of carbonyl (C=O) groups is 2. The zero-order valence-corrected chi connectivity index (χ0v) is 11.9. The first kappa shape index (κ1) is 13.9. The van der Waals surface area contributed by atoms with Crippen molar-refractivity contribution in [3.8, 4) is 5.75 Å². The molecule has 0 aliphatic carbocycles. The summed E-state index contributed by atoms with van der Waals surface area (Å²) in [6.45, 7) is 3.17. The molecule has 3 rings (SSSR count). The fraction of sp³-hybridized carbons (Fsp3) is 0.467. The Morgan fingerprint density at radius 2 is 2.19 bits per heavy atom. The van der Waals surface area contributed by atoms with Gasteiger partial charge in [0.2, 0.25) is 5.91 Å². The van der Waals surface area contributed by atoms with Gasteiger partial charge >= 0.3 is 0 Å². The van der Waals surface area contributed by atoms with Crippen LogP contribution in [0, 0.1) is 0 Å². The zero-order valence-electron chi connectivity index (χ0n) is 11.9. The van der Waals surface area contributed by atoms with Crippen LogP contribution in [0.2, 0.25) is 0 Å². The highest BCUT2D eigenvalue weighted by molar-refractivity contribution is 5.97. The number of rotatable bonds is 2. The molecule has 0 spiro atoms. The monoisotopic (exact) mass is 290 g/mol. The minimum absolute atomic E-state index is 0.0179. The summed E-state index contributed by atoms with van der Waals surface area (Å²) in [6.07, 6.45) is 1.31. The van der Waals surface area contributed by atoms with Gasteiger partial charge in [0.05, 0.1) is 12.2 Å². The van der Waals surface area contributed by atoms with Crippen LogP contribution in [-0.2, 0) is 14.3 Å². The van der Waals surface area contributed by atoms with Crippen LogP contribution < -0.4 is 15.0 Å². The number of ether oxygens (including phenoxy) is 2. The Morgan fingerprint density at radius 3 is 2.90 bits per heavy atom. The third-order valence-electron chi connectivity index (χ3n) is 3.69. The summed E-state index contributed by atoms with van der Waals surface area (Å²) in [4.78, 5) is 25.3. The lowest BCUT2D eigenvalue weighted by atomic mass is 10.2. The SMILES string of the molecule is CC(=O)N1CCOc2cc(NC(=O)C3CCCO3)ccc21. The van der Waals surface area contributed by atoms with Gasteiger partial charge in [0, 0.05) is 25.3 Å². The van der Waals surface area contributed by atoms with Crippen molar-refractivity contribution in [1.82, 2.24) is 0 Å². The minimum Gasteiger partial charge on any atom is -0.489 e. The van der Waals surface area contributed by atoms with Crippen molar-refractivity contribution in [3.63, 3.8) is 0 Å². The highest BCUT2D eigenvalue weighted by Crippen LogP contribution is 2.34. The first-order chi connectivity index (χ1) is 10.1. The molecule has 1 aromatic carbocycles. The van der Waals surface area contributed by atoms with E-state index in [1.165, 1.54) is 6.92 Å². The number of amides is 2. The van der Waals surface area contributed by atoms with Gasteiger partial charge in [-0.1, -0.05) is 0 Å². The molecule has 0 radical (unpaired) electrons. The molecule has 2 aliphatic rings. The maximum Gasteiger partial charge on any atom is 0.253 e. The Bertz CT molecular complexity index is 567. The largest absolute Gasteiger partial charge is 0.489 e. The van der Waals surface area contributed by atoms with E-state index >= 15 is 0 Å². The van der Waals surface area contributed by atoms with Crippen LogP contribution in [0.25, 0.3) is 0 Å². The van der Waals surface area contributed by atoms with Crippen molar-refractivity contribution in [1.29, 1.82) is 0 Å². The molecule has 6 heteroatoms. The second kappa shape index (κ2) is 5.73. The molecule has 1 saturated heterocycles. The molecule has 0 bridgehead atoms. The second-order valence-electron chi connectivity index (χ2n) is 5.19. The van der Waals surface area contributed by atoms with Gasteiger partial charge in [0.15, 0.2) is 0 Å². The van der Waals surface area contributed by atoms with Gasteiger partial charge in [0.1, 0.15) is 18.5 Å². The first-order valence-electron chi connectivity index (χ1n) is 7.12. The predicted octanol–water partition coefficient (Wildman–Crippen LogP) is 1.55. The van der Waals surface area contributed by atoms with E-state index in [4.69, 9.17) is 9.47 Å². The number of fused-ring (bicyclic) bond motifs is 1. The van der Waals surface area contributed by atoms with E-state index in [1.807, 2.05) is 0 Å². The lowest BCUT2D eigenvalue weighted by Gasteiger charge is -2.29. The lowest BCUT2D eigenvalue weighted by molar-refractivity contribution is -0.124. The van der Waals surface area contributed by atoms with Crippen molar-refractivity contribution >= 4 is 23.2 Å². The number of nitrogens with zero attached hydrogens (tertiary/aromatic N) is 1. The molecular formula is C15H18N2O4. The van der Waals surface area contributed by atoms with Gasteiger partial charge in [-0.15, -0.1) is 0 Å². The first-order valence-corrected chi connectivity index (χ1v) is 7.12. The number of hydrogen-bond acceptors (Lipinski definition) is 4. The molecule has 0 saturated carbocycles. The highest BCUT2D eigenvalue weighted by Gasteiger charge is 2.25. The molecule has 1 aromatic rings. The topological polar surface area (TPSA) is 67.9 Å². The van der Waals surface area contributed by atoms with Gasteiger partial charge in [0.25, 0.3) is 5.91 Å². The molecule has 112 valence electrons. The zero-order chi connectivity index (χ0) is 14.8. The van der Waals surface area contributed by atoms with E-state index in [0.717, 1.165) is 18.5 Å². The van der Waals surface area contributed by atoms with Crippen LogP contribution in [0.5, 0.6) is 5.75 Å². The van der Waals surface area contributed by atoms with Crippen LogP contribution in [0.15, 0.2) is 18.2 Å². The molecule has 1 N–H and O–H groups in total. The summed E-state index contributed by atoms with van der Waals surface area (Å²) >= 11 is 0. The van der Waals surface area contributed by atoms with E-state index < -0.39 is 0 Å². The molecule has 6 nitrogen and oxygen atoms in total. The summed E-state index contributed by atoms with van der Waals surface area (Å²) < 4.78 is 10.9. The average Bonchev–Trinajstić information content (AvgIpc) is 3.00. The maximum absolute atomic E-state index is 12.0. The summed E-state index contributed by atoms with van der Waals surface area (Å²) in [7, 11) is 0. The van der Waals surface area contributed by atoms with E-state index in [1.54, 1.807) is 23.1 Å². The molecular weight excluding hydrogens is 272 g/mol. The second-order valence-corrected chi connectivity index (χ2v) is 5.19. The summed E-state index contributed by atoms with van der Waals surface area (Å²) in [6, 6.07) is 5.31. The van der Waals surface area contributed by atoms with Crippen molar-refractivity contribution in [2.75, 3.05) is 30.0 Å². The number of hydrogen-bond donors (Lipinski definition) is 1. The molecule has 0 aromatic heterocycles. The molecule has 1 atom stereocenters. The Morgan fingerprint density at radius 1 is 1.33 bits per heavy atom. The van der Waals surface area contributed by atoms with E-state index in [0.29, 0.717) is 31.2 Å². The Kier molecular flexibility index (Phi) is 3.79. The fourth-order valence-corrected chi connectivity index (χ4v) is 2.63. The number of carbonyl (C=O) groups excluding carboxylic acids is 2. The van der Waals surface area contributed by atoms with Crippen LogP contribution in [-0.4, -0.2) is 37.7 Å². The molecule has 21 heavy (non-hydrogen) atoms. The van der Waals surface area contributed by atoms with Crippen LogP contribution in [0.4, 0.5) is 11.4 Å². The third-order valence-corrected chi connectivity index (χ3v) is 3.69. The van der Waals surface area contributed by atoms with Gasteiger partial charge < -0.3 is 19.7 Å². The van der Waals surface area contributed by atoms with Gasteiger partial charge in [-0.2, -0.15) is 0 Å². The van der Waals surface area contributed by atoms with E-state index in [9.17, 15) is 9.59 Å². The van der Waals surface area contributed by atoms with Crippen LogP contribution >= 0.6 is 0 Å². The number of nitrogens with one attached hydrogen (secondary N) is 1. The third kappa shape index (κ3) is 2.85. The number of anilines is 2. The normalized spacial score (nSPS) is 20.6. The standard InChI is InChI=1S/C15H18N2O4/c1-10(18)17-6-8-21-14-9-11(4-5-12(14)17)16-15(19)13-3-2-7-20-13/h4-5,9,13H,2-3,6-8H2,1H3,(H,16,19). The fourth-order valence-electron chi connectivity index (χ4n) is 2.63. The van der Waals surface area contributed by atoms with Crippen LogP contribution in [0.3, 0.4) is 0 Å². The van der Waals surface area contributed by atoms with Crippen molar-refractivity contribution in [2.24, 2.45) is 0 Å². The Hall–Kier alpha value is -2.08. The van der Waals surface area contributed by atoms with Gasteiger partial charge in [-0.25, -0.2) is 0 Å². The average molecular weight is 290 g/mol. The molecule has 1 unspecified atom stereocenters. The van der Waals surface area contributed by atoms with Crippen molar-refractivity contribution in [2.45, 2.75) is 25.9 Å². The van der Waals surface area contributed by atoms with E-state index in [2.05, 4.69) is 5.32 Å². The molecule has 2 amide bonds. The van der Waals surface area contributed by atoms with Crippen LogP contribution in [0.1, 0.15) is 19.8 Å². The van der Waals surface area contributed by atoms with Gasteiger partial charge in [-0.05, 0) is 25.0 Å². The predicted molar refractivity (Wildman–Crippen MR) is 77.6 cm³/mol. The summed E-state index contributed by atoms with van der Waals surface area (Å²) in [5, 5.41) is 2.83. The molecule has 2 aliphatic heterocycles. The summed E-state index contributed by atoms with van der Waals surface area (Å²) in [5.74, 6) is 0.462. The Labute approximate surface area is 123 Å². The minimum atomic E-state index is -0.365. The van der Waals surface area contributed by atoms with Crippen molar-refractivity contribution < 1.29 is 19.1 Å². The maximum atomic E-state index is 12.0. The Balaban J connectivity index is 1.76. The van der Waals surface area contributed by atoms with Gasteiger partial charge in [-0.3, -0.25) is 9.59 Å². The quantitative estimate of drug-likeness (QED) is 0.897.